The van der Waals surface area contributed by atoms with Gasteiger partial charge in [0.05, 0.1) is 11.6 Å². The van der Waals surface area contributed by atoms with Crippen LogP contribution < -0.4 is 10.1 Å². The fourth-order valence-corrected chi connectivity index (χ4v) is 3.43. The molecule has 1 unspecified atom stereocenters. The Labute approximate surface area is 131 Å². The highest BCUT2D eigenvalue weighted by atomic mass is 79.9. The Morgan fingerprint density at radius 3 is 2.75 bits per heavy atom. The molecular weight excluding hydrogens is 314 g/mol. The van der Waals surface area contributed by atoms with Crippen LogP contribution in [0.25, 0.3) is 0 Å². The average Bonchev–Trinajstić information content (AvgIpc) is 2.40. The molecule has 0 radical (unpaired) electrons. The second-order valence-electron chi connectivity index (χ2n) is 5.86. The van der Waals surface area contributed by atoms with Gasteiger partial charge in [-0.2, -0.15) is 0 Å². The molecule has 20 heavy (non-hydrogen) atoms. The first-order valence-electron chi connectivity index (χ1n) is 7.78. The third kappa shape index (κ3) is 4.49. The molecule has 1 aromatic rings. The maximum atomic E-state index is 5.30. The van der Waals surface area contributed by atoms with Crippen LogP contribution in [0.1, 0.15) is 44.6 Å². The first-order valence-corrected chi connectivity index (χ1v) is 8.58. The number of ether oxygens (including phenoxy) is 1. The van der Waals surface area contributed by atoms with E-state index in [1.54, 1.807) is 7.11 Å². The number of nitrogens with one attached hydrogen (secondary N) is 1. The first kappa shape index (κ1) is 15.8. The molecule has 2 rings (SSSR count). The monoisotopic (exact) mass is 339 g/mol. The van der Waals surface area contributed by atoms with E-state index >= 15 is 0 Å². The van der Waals surface area contributed by atoms with Crippen LogP contribution in [0, 0.1) is 5.92 Å². The molecule has 1 fully saturated rings. The summed E-state index contributed by atoms with van der Waals surface area (Å²) in [5.74, 6) is 1.86. The minimum atomic E-state index is 0.612. The molecule has 3 heteroatoms. The zero-order valence-corrected chi connectivity index (χ0v) is 14.2. The summed E-state index contributed by atoms with van der Waals surface area (Å²) in [5, 5.41) is 3.72. The van der Waals surface area contributed by atoms with E-state index in [4.69, 9.17) is 4.74 Å². The molecule has 112 valence electrons. The van der Waals surface area contributed by atoms with Gasteiger partial charge in [0, 0.05) is 6.04 Å². The quantitative estimate of drug-likeness (QED) is 0.749. The number of methoxy groups -OCH3 is 1. The van der Waals surface area contributed by atoms with Crippen molar-refractivity contribution < 1.29 is 4.74 Å². The molecule has 0 aliphatic heterocycles. The molecule has 1 N–H and O–H groups in total. The zero-order valence-electron chi connectivity index (χ0n) is 12.6. The van der Waals surface area contributed by atoms with Crippen molar-refractivity contribution in [1.82, 2.24) is 5.32 Å². The van der Waals surface area contributed by atoms with Crippen molar-refractivity contribution in [3.05, 3.63) is 28.2 Å². The van der Waals surface area contributed by atoms with Crippen LogP contribution in [0.2, 0.25) is 0 Å². The minimum Gasteiger partial charge on any atom is -0.496 e. The van der Waals surface area contributed by atoms with Gasteiger partial charge in [-0.15, -0.1) is 0 Å². The Morgan fingerprint density at radius 1 is 1.40 bits per heavy atom. The minimum absolute atomic E-state index is 0.612. The Bertz CT molecular complexity index is 417. The molecule has 1 aromatic carbocycles. The van der Waals surface area contributed by atoms with Crippen LogP contribution in [0.15, 0.2) is 22.7 Å². The molecule has 0 spiro atoms. The SMILES string of the molecule is CCCNC(Cc1ccc(OC)c(Br)c1)CC1CCC1. The van der Waals surface area contributed by atoms with Crippen molar-refractivity contribution in [2.75, 3.05) is 13.7 Å². The number of halogens is 1. The van der Waals surface area contributed by atoms with Crippen molar-refractivity contribution in [2.45, 2.75) is 51.5 Å². The Hall–Kier alpha value is -0.540. The normalized spacial score (nSPS) is 16.8. The molecule has 0 heterocycles. The van der Waals surface area contributed by atoms with Crippen LogP contribution in [-0.4, -0.2) is 19.7 Å². The van der Waals surface area contributed by atoms with E-state index in [-0.39, 0.29) is 0 Å². The molecule has 1 aliphatic rings. The van der Waals surface area contributed by atoms with E-state index in [9.17, 15) is 0 Å². The summed E-state index contributed by atoms with van der Waals surface area (Å²) in [6.07, 6.45) is 7.92. The van der Waals surface area contributed by atoms with E-state index in [0.717, 1.165) is 29.1 Å². The highest BCUT2D eigenvalue weighted by Gasteiger charge is 2.22. The second-order valence-corrected chi connectivity index (χ2v) is 6.71. The van der Waals surface area contributed by atoms with Crippen LogP contribution >= 0.6 is 15.9 Å². The summed E-state index contributed by atoms with van der Waals surface area (Å²) in [6.45, 7) is 3.35. The van der Waals surface area contributed by atoms with Crippen molar-refractivity contribution in [3.63, 3.8) is 0 Å². The van der Waals surface area contributed by atoms with Gasteiger partial charge >= 0.3 is 0 Å². The molecule has 0 aromatic heterocycles. The molecule has 2 nitrogen and oxygen atoms in total. The predicted octanol–water partition coefficient (Wildman–Crippen LogP) is 4.56. The second kappa shape index (κ2) is 8.04. The van der Waals surface area contributed by atoms with E-state index < -0.39 is 0 Å². The number of hydrogen-bond acceptors (Lipinski definition) is 2. The Kier molecular flexibility index (Phi) is 6.37. The third-order valence-corrected chi connectivity index (χ3v) is 4.84. The lowest BCUT2D eigenvalue weighted by molar-refractivity contribution is 0.259. The van der Waals surface area contributed by atoms with Crippen LogP contribution in [0.4, 0.5) is 0 Å². The lowest BCUT2D eigenvalue weighted by Crippen LogP contribution is -2.35. The highest BCUT2D eigenvalue weighted by Crippen LogP contribution is 2.32. The maximum absolute atomic E-state index is 5.30. The van der Waals surface area contributed by atoms with E-state index in [1.165, 1.54) is 37.7 Å². The molecule has 0 bridgehead atoms. The summed E-state index contributed by atoms with van der Waals surface area (Å²) in [6, 6.07) is 7.05. The van der Waals surface area contributed by atoms with Crippen molar-refractivity contribution in [2.24, 2.45) is 5.92 Å². The topological polar surface area (TPSA) is 21.3 Å². The van der Waals surface area contributed by atoms with Gasteiger partial charge < -0.3 is 10.1 Å². The lowest BCUT2D eigenvalue weighted by atomic mass is 9.80. The van der Waals surface area contributed by atoms with Gasteiger partial charge in [0.25, 0.3) is 0 Å². The lowest BCUT2D eigenvalue weighted by Gasteiger charge is -2.30. The third-order valence-electron chi connectivity index (χ3n) is 4.22. The van der Waals surface area contributed by atoms with Crippen LogP contribution in [-0.2, 0) is 6.42 Å². The zero-order chi connectivity index (χ0) is 14.4. The summed E-state index contributed by atoms with van der Waals surface area (Å²) < 4.78 is 6.35. The smallest absolute Gasteiger partial charge is 0.133 e. The summed E-state index contributed by atoms with van der Waals surface area (Å²) >= 11 is 3.58. The molecule has 1 saturated carbocycles. The van der Waals surface area contributed by atoms with Crippen molar-refractivity contribution >= 4 is 15.9 Å². The molecule has 1 aliphatic carbocycles. The number of rotatable bonds is 8. The van der Waals surface area contributed by atoms with Gasteiger partial charge in [0.2, 0.25) is 0 Å². The fraction of sp³-hybridized carbons (Fsp3) is 0.647. The van der Waals surface area contributed by atoms with Crippen molar-refractivity contribution in [1.29, 1.82) is 0 Å². The standard InChI is InChI=1S/C17H26BrNO/c1-3-9-19-15(10-13-5-4-6-13)11-14-7-8-17(20-2)16(18)12-14/h7-8,12-13,15,19H,3-6,9-11H2,1-2H3. The molecule has 0 amide bonds. The summed E-state index contributed by atoms with van der Waals surface area (Å²) in [4.78, 5) is 0. The van der Waals surface area contributed by atoms with Crippen molar-refractivity contribution in [3.8, 4) is 5.75 Å². The number of hydrogen-bond donors (Lipinski definition) is 1. The molecule has 1 atom stereocenters. The first-order chi connectivity index (χ1) is 9.72. The van der Waals surface area contributed by atoms with Crippen LogP contribution in [0.5, 0.6) is 5.75 Å². The fourth-order valence-electron chi connectivity index (χ4n) is 2.84. The van der Waals surface area contributed by atoms with Gasteiger partial charge in [-0.25, -0.2) is 0 Å². The summed E-state index contributed by atoms with van der Waals surface area (Å²) in [5.41, 5.74) is 1.38. The van der Waals surface area contributed by atoms with Gasteiger partial charge in [0.15, 0.2) is 0 Å². The van der Waals surface area contributed by atoms with Gasteiger partial charge in [-0.3, -0.25) is 0 Å². The van der Waals surface area contributed by atoms with Gasteiger partial charge in [0.1, 0.15) is 5.75 Å². The van der Waals surface area contributed by atoms with E-state index in [1.807, 2.05) is 0 Å². The summed E-state index contributed by atoms with van der Waals surface area (Å²) in [7, 11) is 1.71. The van der Waals surface area contributed by atoms with Gasteiger partial charge in [-0.1, -0.05) is 32.3 Å². The predicted molar refractivity (Wildman–Crippen MR) is 88.4 cm³/mol. The molecular formula is C17H26BrNO. The van der Waals surface area contributed by atoms with Crippen LogP contribution in [0.3, 0.4) is 0 Å². The maximum Gasteiger partial charge on any atom is 0.133 e. The molecule has 0 saturated heterocycles. The average molecular weight is 340 g/mol. The highest BCUT2D eigenvalue weighted by molar-refractivity contribution is 9.10. The van der Waals surface area contributed by atoms with E-state index in [0.29, 0.717) is 6.04 Å². The Balaban J connectivity index is 1.95. The van der Waals surface area contributed by atoms with Gasteiger partial charge in [-0.05, 0) is 65.4 Å². The Morgan fingerprint density at radius 2 is 2.20 bits per heavy atom. The largest absolute Gasteiger partial charge is 0.496 e. The number of benzene rings is 1. The van der Waals surface area contributed by atoms with E-state index in [2.05, 4.69) is 46.4 Å².